The zero-order chi connectivity index (χ0) is 12.3. The van der Waals surface area contributed by atoms with Crippen LogP contribution in [0.2, 0.25) is 5.02 Å². The van der Waals surface area contributed by atoms with Gasteiger partial charge in [-0.05, 0) is 25.0 Å². The van der Waals surface area contributed by atoms with E-state index in [1.807, 2.05) is 0 Å². The topological polar surface area (TPSA) is 55.4 Å². The normalized spacial score (nSPS) is 20.6. The summed E-state index contributed by atoms with van der Waals surface area (Å²) >= 11 is 5.85. The monoisotopic (exact) mass is 275 g/mol. The van der Waals surface area contributed by atoms with Crippen molar-refractivity contribution in [3.8, 4) is 0 Å². The Morgan fingerprint density at radius 1 is 1.41 bits per heavy atom. The SMILES string of the molecule is O=S(=O)(NCC1CCCO1)c1ccccc1Cl. The molecular formula is C11H14ClNO3S. The third-order valence-corrected chi connectivity index (χ3v) is 4.57. The van der Waals surface area contributed by atoms with Gasteiger partial charge >= 0.3 is 0 Å². The quantitative estimate of drug-likeness (QED) is 0.912. The van der Waals surface area contributed by atoms with Crippen molar-refractivity contribution in [2.24, 2.45) is 0 Å². The molecule has 0 saturated carbocycles. The summed E-state index contributed by atoms with van der Waals surface area (Å²) in [6.07, 6.45) is 1.86. The molecule has 0 radical (unpaired) electrons. The predicted octanol–water partition coefficient (Wildman–Crippen LogP) is 1.80. The van der Waals surface area contributed by atoms with Gasteiger partial charge in [-0.25, -0.2) is 13.1 Å². The summed E-state index contributed by atoms with van der Waals surface area (Å²) in [6.45, 7) is 1.01. The number of hydrogen-bond acceptors (Lipinski definition) is 3. The first-order valence-electron chi connectivity index (χ1n) is 5.45. The van der Waals surface area contributed by atoms with Crippen molar-refractivity contribution in [2.45, 2.75) is 23.8 Å². The first kappa shape index (κ1) is 12.8. The van der Waals surface area contributed by atoms with Crippen LogP contribution in [0.5, 0.6) is 0 Å². The van der Waals surface area contributed by atoms with E-state index in [1.54, 1.807) is 18.2 Å². The standard InChI is InChI=1S/C11H14ClNO3S/c12-10-5-1-2-6-11(10)17(14,15)13-8-9-4-3-7-16-9/h1-2,5-6,9,13H,3-4,7-8H2. The average molecular weight is 276 g/mol. The number of halogens is 1. The maximum atomic E-state index is 12.0. The minimum absolute atomic E-state index is 0.0211. The summed E-state index contributed by atoms with van der Waals surface area (Å²) in [5.74, 6) is 0. The average Bonchev–Trinajstić information content (AvgIpc) is 2.80. The zero-order valence-electron chi connectivity index (χ0n) is 9.23. The molecule has 1 aliphatic heterocycles. The first-order valence-corrected chi connectivity index (χ1v) is 7.31. The number of nitrogens with one attached hydrogen (secondary N) is 1. The van der Waals surface area contributed by atoms with Crippen LogP contribution in [0.4, 0.5) is 0 Å². The molecule has 1 aliphatic rings. The second-order valence-electron chi connectivity index (χ2n) is 3.92. The molecular weight excluding hydrogens is 262 g/mol. The van der Waals surface area contributed by atoms with E-state index in [-0.39, 0.29) is 16.0 Å². The van der Waals surface area contributed by atoms with Crippen LogP contribution in [0, 0.1) is 0 Å². The molecule has 4 nitrogen and oxygen atoms in total. The second-order valence-corrected chi connectivity index (χ2v) is 6.06. The van der Waals surface area contributed by atoms with Crippen LogP contribution in [0.1, 0.15) is 12.8 Å². The molecule has 0 bridgehead atoms. The fourth-order valence-electron chi connectivity index (χ4n) is 1.75. The minimum atomic E-state index is -3.54. The van der Waals surface area contributed by atoms with Gasteiger partial charge in [0.05, 0.1) is 11.1 Å². The number of sulfonamides is 1. The minimum Gasteiger partial charge on any atom is -0.377 e. The fourth-order valence-corrected chi connectivity index (χ4v) is 3.33. The van der Waals surface area contributed by atoms with Crippen molar-refractivity contribution in [3.63, 3.8) is 0 Å². The van der Waals surface area contributed by atoms with Crippen LogP contribution in [-0.2, 0) is 14.8 Å². The molecule has 1 saturated heterocycles. The van der Waals surface area contributed by atoms with E-state index in [2.05, 4.69) is 4.72 Å². The smallest absolute Gasteiger partial charge is 0.242 e. The third kappa shape index (κ3) is 3.19. The molecule has 1 unspecified atom stereocenters. The maximum absolute atomic E-state index is 12.0. The Labute approximate surface area is 106 Å². The van der Waals surface area contributed by atoms with E-state index in [0.717, 1.165) is 12.8 Å². The van der Waals surface area contributed by atoms with Crippen molar-refractivity contribution in [2.75, 3.05) is 13.2 Å². The Morgan fingerprint density at radius 2 is 2.18 bits per heavy atom. The molecule has 0 spiro atoms. The Morgan fingerprint density at radius 3 is 2.82 bits per heavy atom. The zero-order valence-corrected chi connectivity index (χ0v) is 10.8. The molecule has 6 heteroatoms. The number of hydrogen-bond donors (Lipinski definition) is 1. The highest BCUT2D eigenvalue weighted by molar-refractivity contribution is 7.89. The van der Waals surface area contributed by atoms with Gasteiger partial charge in [0.15, 0.2) is 0 Å². The van der Waals surface area contributed by atoms with Gasteiger partial charge in [-0.15, -0.1) is 0 Å². The van der Waals surface area contributed by atoms with E-state index < -0.39 is 10.0 Å². The van der Waals surface area contributed by atoms with Crippen LogP contribution in [0.3, 0.4) is 0 Å². The van der Waals surface area contributed by atoms with Crippen molar-refractivity contribution in [1.29, 1.82) is 0 Å². The summed E-state index contributed by atoms with van der Waals surface area (Å²) in [6, 6.07) is 6.39. The first-order chi connectivity index (χ1) is 8.09. The van der Waals surface area contributed by atoms with Crippen LogP contribution in [-0.4, -0.2) is 27.7 Å². The van der Waals surface area contributed by atoms with E-state index in [9.17, 15) is 8.42 Å². The van der Waals surface area contributed by atoms with Gasteiger partial charge < -0.3 is 4.74 Å². The number of rotatable bonds is 4. The van der Waals surface area contributed by atoms with Crippen molar-refractivity contribution < 1.29 is 13.2 Å². The largest absolute Gasteiger partial charge is 0.377 e. The molecule has 1 fully saturated rings. The summed E-state index contributed by atoms with van der Waals surface area (Å²) in [5, 5.41) is 0.229. The molecule has 1 aromatic carbocycles. The summed E-state index contributed by atoms with van der Waals surface area (Å²) in [7, 11) is -3.54. The molecule has 1 N–H and O–H groups in total. The highest BCUT2D eigenvalue weighted by Crippen LogP contribution is 2.20. The maximum Gasteiger partial charge on any atom is 0.242 e. The van der Waals surface area contributed by atoms with Gasteiger partial charge in [0, 0.05) is 13.2 Å². The summed E-state index contributed by atoms with van der Waals surface area (Å²) in [5.41, 5.74) is 0. The molecule has 17 heavy (non-hydrogen) atoms. The van der Waals surface area contributed by atoms with Crippen molar-refractivity contribution in [1.82, 2.24) is 4.72 Å². The molecule has 1 aromatic rings. The molecule has 94 valence electrons. The van der Waals surface area contributed by atoms with Gasteiger partial charge in [-0.1, -0.05) is 23.7 Å². The van der Waals surface area contributed by atoms with E-state index in [1.165, 1.54) is 6.07 Å². The summed E-state index contributed by atoms with van der Waals surface area (Å²) < 4.78 is 31.8. The Hall–Kier alpha value is -0.620. The van der Waals surface area contributed by atoms with Crippen LogP contribution in [0.25, 0.3) is 0 Å². The highest BCUT2D eigenvalue weighted by Gasteiger charge is 2.21. The van der Waals surface area contributed by atoms with Crippen LogP contribution >= 0.6 is 11.6 Å². The van der Waals surface area contributed by atoms with Crippen molar-refractivity contribution >= 4 is 21.6 Å². The van der Waals surface area contributed by atoms with Crippen LogP contribution in [0.15, 0.2) is 29.2 Å². The Balaban J connectivity index is 2.06. The Kier molecular flexibility index (Phi) is 4.04. The molecule has 1 heterocycles. The van der Waals surface area contributed by atoms with Gasteiger partial charge in [0.2, 0.25) is 10.0 Å². The van der Waals surface area contributed by atoms with E-state index in [0.29, 0.717) is 13.2 Å². The molecule has 1 atom stereocenters. The molecule has 0 aromatic heterocycles. The number of benzene rings is 1. The fraction of sp³-hybridized carbons (Fsp3) is 0.455. The second kappa shape index (κ2) is 5.35. The lowest BCUT2D eigenvalue weighted by Gasteiger charge is -2.12. The Bertz CT molecular complexity index is 483. The lowest BCUT2D eigenvalue weighted by molar-refractivity contribution is 0.114. The number of ether oxygens (including phenoxy) is 1. The third-order valence-electron chi connectivity index (χ3n) is 2.65. The highest BCUT2D eigenvalue weighted by atomic mass is 35.5. The summed E-state index contributed by atoms with van der Waals surface area (Å²) in [4.78, 5) is 0.111. The lowest BCUT2D eigenvalue weighted by Crippen LogP contribution is -2.31. The van der Waals surface area contributed by atoms with Gasteiger partial charge in [0.25, 0.3) is 0 Å². The lowest BCUT2D eigenvalue weighted by atomic mass is 10.2. The predicted molar refractivity (Wildman–Crippen MR) is 65.6 cm³/mol. The van der Waals surface area contributed by atoms with E-state index >= 15 is 0 Å². The van der Waals surface area contributed by atoms with Gasteiger partial charge in [-0.3, -0.25) is 0 Å². The van der Waals surface area contributed by atoms with Crippen molar-refractivity contribution in [3.05, 3.63) is 29.3 Å². The molecule has 2 rings (SSSR count). The van der Waals surface area contributed by atoms with E-state index in [4.69, 9.17) is 16.3 Å². The van der Waals surface area contributed by atoms with Gasteiger partial charge in [0.1, 0.15) is 4.90 Å². The van der Waals surface area contributed by atoms with Gasteiger partial charge in [-0.2, -0.15) is 0 Å². The van der Waals surface area contributed by atoms with Crippen LogP contribution < -0.4 is 4.72 Å². The molecule has 0 aliphatic carbocycles. The molecule has 0 amide bonds.